The Morgan fingerprint density at radius 2 is 1.88 bits per heavy atom. The summed E-state index contributed by atoms with van der Waals surface area (Å²) in [4.78, 5) is 3.56. The topological polar surface area (TPSA) is 90.7 Å². The molecule has 0 amide bonds. The molecule has 1 aromatic heterocycles. The molecule has 0 saturated carbocycles. The SMILES string of the molecule is O=S(=O)(c1cnccc1Cl)N(CCO)CCO. The summed E-state index contributed by atoms with van der Waals surface area (Å²) in [5.74, 6) is 0. The van der Waals surface area contributed by atoms with E-state index in [0.717, 1.165) is 10.5 Å². The van der Waals surface area contributed by atoms with Crippen molar-refractivity contribution in [3.63, 3.8) is 0 Å². The van der Waals surface area contributed by atoms with E-state index in [1.807, 2.05) is 0 Å². The second-order valence-corrected chi connectivity index (χ2v) is 5.47. The largest absolute Gasteiger partial charge is 0.395 e. The van der Waals surface area contributed by atoms with Crippen LogP contribution in [0.1, 0.15) is 0 Å². The molecule has 6 nitrogen and oxygen atoms in total. The van der Waals surface area contributed by atoms with Gasteiger partial charge < -0.3 is 10.2 Å². The molecule has 0 spiro atoms. The van der Waals surface area contributed by atoms with Crippen LogP contribution in [-0.2, 0) is 10.0 Å². The molecule has 0 unspecified atom stereocenters. The van der Waals surface area contributed by atoms with E-state index in [4.69, 9.17) is 21.8 Å². The molecule has 0 aliphatic carbocycles. The van der Waals surface area contributed by atoms with Gasteiger partial charge in [0.15, 0.2) is 0 Å². The molecule has 0 fully saturated rings. The van der Waals surface area contributed by atoms with E-state index in [1.165, 1.54) is 12.3 Å². The van der Waals surface area contributed by atoms with Crippen molar-refractivity contribution in [1.82, 2.24) is 9.29 Å². The molecule has 8 heteroatoms. The van der Waals surface area contributed by atoms with E-state index < -0.39 is 10.0 Å². The highest BCUT2D eigenvalue weighted by Gasteiger charge is 2.26. The molecule has 0 atom stereocenters. The lowest BCUT2D eigenvalue weighted by molar-refractivity contribution is 0.217. The van der Waals surface area contributed by atoms with Gasteiger partial charge in [0, 0.05) is 25.5 Å². The number of pyridine rings is 1. The van der Waals surface area contributed by atoms with Crippen molar-refractivity contribution >= 4 is 21.6 Å². The maximum absolute atomic E-state index is 12.1. The number of nitrogens with zero attached hydrogens (tertiary/aromatic N) is 2. The zero-order chi connectivity index (χ0) is 12.9. The van der Waals surface area contributed by atoms with E-state index in [-0.39, 0.29) is 36.2 Å². The Morgan fingerprint density at radius 1 is 1.29 bits per heavy atom. The van der Waals surface area contributed by atoms with Crippen molar-refractivity contribution in [2.45, 2.75) is 4.90 Å². The fourth-order valence-electron chi connectivity index (χ4n) is 1.27. The van der Waals surface area contributed by atoms with Gasteiger partial charge in [0.2, 0.25) is 10.0 Å². The third kappa shape index (κ3) is 3.36. The number of sulfonamides is 1. The van der Waals surface area contributed by atoms with Crippen molar-refractivity contribution in [3.05, 3.63) is 23.5 Å². The summed E-state index contributed by atoms with van der Waals surface area (Å²) in [6, 6.07) is 1.37. The molecule has 1 rings (SSSR count). The molecule has 17 heavy (non-hydrogen) atoms. The highest BCUT2D eigenvalue weighted by atomic mass is 35.5. The Balaban J connectivity index is 3.12. The predicted molar refractivity (Wildman–Crippen MR) is 62.2 cm³/mol. The number of halogens is 1. The normalized spacial score (nSPS) is 12.0. The molecule has 96 valence electrons. The van der Waals surface area contributed by atoms with Crippen LogP contribution in [0, 0.1) is 0 Å². The fraction of sp³-hybridized carbons (Fsp3) is 0.444. The van der Waals surface area contributed by atoms with Gasteiger partial charge in [-0.2, -0.15) is 4.31 Å². The molecule has 0 aromatic carbocycles. The van der Waals surface area contributed by atoms with Crippen LogP contribution in [0.15, 0.2) is 23.4 Å². The first-order valence-corrected chi connectivity index (χ1v) is 6.67. The van der Waals surface area contributed by atoms with Crippen molar-refractivity contribution in [1.29, 1.82) is 0 Å². The minimum atomic E-state index is -3.84. The van der Waals surface area contributed by atoms with E-state index in [2.05, 4.69) is 4.98 Å². The molecule has 0 radical (unpaired) electrons. The van der Waals surface area contributed by atoms with Gasteiger partial charge in [0.25, 0.3) is 0 Å². The van der Waals surface area contributed by atoms with Crippen molar-refractivity contribution in [2.24, 2.45) is 0 Å². The van der Waals surface area contributed by atoms with Crippen LogP contribution in [0.3, 0.4) is 0 Å². The van der Waals surface area contributed by atoms with E-state index in [9.17, 15) is 8.42 Å². The maximum atomic E-state index is 12.1. The number of hydrogen-bond donors (Lipinski definition) is 2. The van der Waals surface area contributed by atoms with Crippen LogP contribution in [0.5, 0.6) is 0 Å². The maximum Gasteiger partial charge on any atom is 0.246 e. The number of hydrogen-bond acceptors (Lipinski definition) is 5. The Hall–Kier alpha value is -0.730. The monoisotopic (exact) mass is 280 g/mol. The van der Waals surface area contributed by atoms with Gasteiger partial charge in [0.05, 0.1) is 18.2 Å². The lowest BCUT2D eigenvalue weighted by Crippen LogP contribution is -2.36. The highest BCUT2D eigenvalue weighted by Crippen LogP contribution is 2.22. The summed E-state index contributed by atoms with van der Waals surface area (Å²) in [6.07, 6.45) is 2.52. The summed E-state index contributed by atoms with van der Waals surface area (Å²) in [7, 11) is -3.84. The lowest BCUT2D eigenvalue weighted by Gasteiger charge is -2.20. The summed E-state index contributed by atoms with van der Waals surface area (Å²) >= 11 is 5.78. The minimum absolute atomic E-state index is 0.0564. The van der Waals surface area contributed by atoms with Gasteiger partial charge in [-0.25, -0.2) is 8.42 Å². The standard InChI is InChI=1S/C9H13ClN2O4S/c10-8-1-2-11-7-9(8)17(15,16)12(3-5-13)4-6-14/h1-2,7,13-14H,3-6H2. The molecule has 0 aliphatic rings. The fourth-order valence-corrected chi connectivity index (χ4v) is 3.10. The van der Waals surface area contributed by atoms with E-state index in [0.29, 0.717) is 0 Å². The summed E-state index contributed by atoms with van der Waals surface area (Å²) in [5.41, 5.74) is 0. The van der Waals surface area contributed by atoms with Crippen LogP contribution >= 0.6 is 11.6 Å². The molecular weight excluding hydrogens is 268 g/mol. The van der Waals surface area contributed by atoms with Gasteiger partial charge in [0.1, 0.15) is 4.90 Å². The summed E-state index contributed by atoms with van der Waals surface area (Å²) in [5, 5.41) is 17.7. The van der Waals surface area contributed by atoms with Crippen LogP contribution in [0.4, 0.5) is 0 Å². The average molecular weight is 281 g/mol. The average Bonchev–Trinajstić information content (AvgIpc) is 2.29. The highest BCUT2D eigenvalue weighted by molar-refractivity contribution is 7.89. The number of aliphatic hydroxyl groups is 2. The Morgan fingerprint density at radius 3 is 2.35 bits per heavy atom. The molecular formula is C9H13ClN2O4S. The molecule has 1 aromatic rings. The zero-order valence-electron chi connectivity index (χ0n) is 8.95. The zero-order valence-corrected chi connectivity index (χ0v) is 10.5. The Labute approximate surface area is 105 Å². The Bertz CT molecular complexity index is 460. The van der Waals surface area contributed by atoms with Crippen LogP contribution in [0.2, 0.25) is 5.02 Å². The van der Waals surface area contributed by atoms with Crippen molar-refractivity contribution < 1.29 is 18.6 Å². The van der Waals surface area contributed by atoms with Gasteiger partial charge in [-0.15, -0.1) is 0 Å². The lowest BCUT2D eigenvalue weighted by atomic mass is 10.5. The van der Waals surface area contributed by atoms with Crippen LogP contribution in [-0.4, -0.2) is 54.2 Å². The summed E-state index contributed by atoms with van der Waals surface area (Å²) in [6.45, 7) is -0.879. The quantitative estimate of drug-likeness (QED) is 0.747. The first-order valence-electron chi connectivity index (χ1n) is 4.85. The molecule has 1 heterocycles. The Kier molecular flexibility index (Phi) is 5.29. The number of aromatic nitrogens is 1. The van der Waals surface area contributed by atoms with Gasteiger partial charge in [-0.05, 0) is 6.07 Å². The minimum Gasteiger partial charge on any atom is -0.395 e. The third-order valence-electron chi connectivity index (χ3n) is 2.05. The van der Waals surface area contributed by atoms with Gasteiger partial charge in [-0.1, -0.05) is 11.6 Å². The summed E-state index contributed by atoms with van der Waals surface area (Å²) < 4.78 is 25.2. The van der Waals surface area contributed by atoms with Crippen LogP contribution < -0.4 is 0 Å². The van der Waals surface area contributed by atoms with Crippen molar-refractivity contribution in [3.8, 4) is 0 Å². The molecule has 2 N–H and O–H groups in total. The van der Waals surface area contributed by atoms with E-state index in [1.54, 1.807) is 0 Å². The first kappa shape index (κ1) is 14.3. The second kappa shape index (κ2) is 6.27. The van der Waals surface area contributed by atoms with Gasteiger partial charge in [-0.3, -0.25) is 4.98 Å². The third-order valence-corrected chi connectivity index (χ3v) is 4.42. The van der Waals surface area contributed by atoms with Crippen molar-refractivity contribution in [2.75, 3.05) is 26.3 Å². The smallest absolute Gasteiger partial charge is 0.246 e. The molecule has 0 aliphatic heterocycles. The molecule has 0 bridgehead atoms. The predicted octanol–water partition coefficient (Wildman–Crippen LogP) is -0.290. The number of aliphatic hydroxyl groups excluding tert-OH is 2. The number of rotatable bonds is 6. The second-order valence-electron chi connectivity index (χ2n) is 3.16. The van der Waals surface area contributed by atoms with Crippen LogP contribution in [0.25, 0.3) is 0 Å². The van der Waals surface area contributed by atoms with E-state index >= 15 is 0 Å². The van der Waals surface area contributed by atoms with Gasteiger partial charge >= 0.3 is 0 Å². The molecule has 0 saturated heterocycles. The first-order chi connectivity index (χ1) is 8.04.